The number of ether oxygens (including phenoxy) is 2. The van der Waals surface area contributed by atoms with Crippen molar-refractivity contribution >= 4 is 10.0 Å². The first kappa shape index (κ1) is 14.6. The summed E-state index contributed by atoms with van der Waals surface area (Å²) in [4.78, 5) is 0.172. The third-order valence-corrected chi connectivity index (χ3v) is 5.60. The zero-order valence-electron chi connectivity index (χ0n) is 11.9. The molecule has 21 heavy (non-hydrogen) atoms. The van der Waals surface area contributed by atoms with Gasteiger partial charge in [-0.1, -0.05) is 13.3 Å². The molecule has 0 aromatic heterocycles. The molecule has 1 saturated heterocycles. The Hall–Kier alpha value is -1.31. The predicted octanol–water partition coefficient (Wildman–Crippen LogP) is 0.993. The summed E-state index contributed by atoms with van der Waals surface area (Å²) < 4.78 is 37.1. The first-order chi connectivity index (χ1) is 9.94. The molecule has 2 heterocycles. The van der Waals surface area contributed by atoms with Crippen LogP contribution in [0.1, 0.15) is 19.8 Å². The lowest BCUT2D eigenvalue weighted by Crippen LogP contribution is -2.63. The van der Waals surface area contributed by atoms with E-state index in [1.54, 1.807) is 6.07 Å². The van der Waals surface area contributed by atoms with E-state index in [-0.39, 0.29) is 18.0 Å². The fraction of sp³-hybridized carbons (Fsp3) is 0.571. The molecule has 0 radical (unpaired) electrons. The van der Waals surface area contributed by atoms with Gasteiger partial charge >= 0.3 is 0 Å². The average molecular weight is 313 g/mol. The van der Waals surface area contributed by atoms with Crippen LogP contribution in [0, 0.1) is 0 Å². The topological polar surface area (TPSA) is 76.1 Å². The number of nitrogens with zero attached hydrogens (tertiary/aromatic N) is 1. The number of hydrogen-bond acceptors (Lipinski definition) is 5. The highest BCUT2D eigenvalue weighted by molar-refractivity contribution is 7.89. The number of benzene rings is 1. The summed E-state index contributed by atoms with van der Waals surface area (Å²) in [5.41, 5.74) is -0.879. The molecule has 7 heteroatoms. The van der Waals surface area contributed by atoms with Crippen LogP contribution in [0.3, 0.4) is 0 Å². The van der Waals surface area contributed by atoms with Crippen molar-refractivity contribution in [3.63, 3.8) is 0 Å². The molecule has 3 rings (SSSR count). The van der Waals surface area contributed by atoms with Gasteiger partial charge in [-0.05, 0) is 18.6 Å². The van der Waals surface area contributed by atoms with Crippen molar-refractivity contribution < 1.29 is 23.0 Å². The van der Waals surface area contributed by atoms with Crippen LogP contribution in [0.2, 0.25) is 0 Å². The van der Waals surface area contributed by atoms with Gasteiger partial charge in [0, 0.05) is 19.2 Å². The Bertz CT molecular complexity index is 637. The Morgan fingerprint density at radius 3 is 2.57 bits per heavy atom. The normalized spacial score (nSPS) is 20.9. The molecule has 2 aliphatic rings. The van der Waals surface area contributed by atoms with Gasteiger partial charge in [0.2, 0.25) is 10.0 Å². The van der Waals surface area contributed by atoms with Crippen molar-refractivity contribution in [2.24, 2.45) is 0 Å². The molecule has 1 aromatic carbocycles. The molecule has 0 amide bonds. The number of aliphatic hydroxyl groups is 1. The van der Waals surface area contributed by atoms with E-state index in [4.69, 9.17) is 9.47 Å². The van der Waals surface area contributed by atoms with Crippen molar-refractivity contribution in [1.82, 2.24) is 4.31 Å². The van der Waals surface area contributed by atoms with Gasteiger partial charge in [-0.2, -0.15) is 4.31 Å². The molecular weight excluding hydrogens is 294 g/mol. The third-order valence-electron chi connectivity index (χ3n) is 3.81. The van der Waals surface area contributed by atoms with Gasteiger partial charge in [-0.15, -0.1) is 0 Å². The quantitative estimate of drug-likeness (QED) is 0.897. The van der Waals surface area contributed by atoms with Crippen LogP contribution in [-0.4, -0.2) is 49.7 Å². The maximum atomic E-state index is 12.5. The summed E-state index contributed by atoms with van der Waals surface area (Å²) in [6.45, 7) is 3.15. The van der Waals surface area contributed by atoms with E-state index in [0.29, 0.717) is 31.1 Å². The molecule has 0 saturated carbocycles. The van der Waals surface area contributed by atoms with Gasteiger partial charge in [0.1, 0.15) is 13.2 Å². The Morgan fingerprint density at radius 2 is 1.90 bits per heavy atom. The number of hydrogen-bond donors (Lipinski definition) is 1. The maximum Gasteiger partial charge on any atom is 0.243 e. The van der Waals surface area contributed by atoms with Crippen molar-refractivity contribution in [3.05, 3.63) is 18.2 Å². The second-order valence-corrected chi connectivity index (χ2v) is 7.49. The summed E-state index contributed by atoms with van der Waals surface area (Å²) in [6.07, 6.45) is 1.44. The van der Waals surface area contributed by atoms with Crippen LogP contribution < -0.4 is 9.47 Å². The van der Waals surface area contributed by atoms with E-state index in [9.17, 15) is 13.5 Å². The minimum absolute atomic E-state index is 0.150. The Morgan fingerprint density at radius 1 is 1.24 bits per heavy atom. The molecule has 0 unspecified atom stereocenters. The molecular formula is C14H19NO5S. The largest absolute Gasteiger partial charge is 0.486 e. The standard InChI is InChI=1S/C14H19NO5S/c1-2-5-14(16)9-15(10-14)21(17,18)11-3-4-12-13(8-11)20-7-6-19-12/h3-4,8,16H,2,5-7,9-10H2,1H3. The van der Waals surface area contributed by atoms with Crippen LogP contribution in [-0.2, 0) is 10.0 Å². The van der Waals surface area contributed by atoms with Crippen LogP contribution in [0.5, 0.6) is 11.5 Å². The van der Waals surface area contributed by atoms with Gasteiger partial charge in [-0.25, -0.2) is 8.42 Å². The average Bonchev–Trinajstić information content (AvgIpc) is 2.44. The smallest absolute Gasteiger partial charge is 0.243 e. The van der Waals surface area contributed by atoms with E-state index >= 15 is 0 Å². The van der Waals surface area contributed by atoms with Crippen LogP contribution in [0.15, 0.2) is 23.1 Å². The van der Waals surface area contributed by atoms with Gasteiger partial charge in [-0.3, -0.25) is 0 Å². The molecule has 1 fully saturated rings. The highest BCUT2D eigenvalue weighted by Crippen LogP contribution is 2.36. The summed E-state index contributed by atoms with van der Waals surface area (Å²) in [5.74, 6) is 1.01. The molecule has 116 valence electrons. The molecule has 0 aliphatic carbocycles. The zero-order chi connectivity index (χ0) is 15.1. The summed E-state index contributed by atoms with van der Waals surface area (Å²) in [5, 5.41) is 10.1. The van der Waals surface area contributed by atoms with Gasteiger partial charge in [0.05, 0.1) is 10.5 Å². The summed E-state index contributed by atoms with van der Waals surface area (Å²) >= 11 is 0. The monoisotopic (exact) mass is 313 g/mol. The summed E-state index contributed by atoms with van der Waals surface area (Å²) in [6, 6.07) is 4.61. The summed E-state index contributed by atoms with van der Waals surface area (Å²) in [7, 11) is -3.59. The lowest BCUT2D eigenvalue weighted by atomic mass is 9.92. The Labute approximate surface area is 124 Å². The van der Waals surface area contributed by atoms with Crippen molar-refractivity contribution in [3.8, 4) is 11.5 Å². The molecule has 2 aliphatic heterocycles. The van der Waals surface area contributed by atoms with Gasteiger partial charge in [0.25, 0.3) is 0 Å². The second kappa shape index (κ2) is 5.15. The van der Waals surface area contributed by atoms with E-state index in [1.165, 1.54) is 16.4 Å². The zero-order valence-corrected chi connectivity index (χ0v) is 12.7. The molecule has 0 bridgehead atoms. The Balaban J connectivity index is 1.80. The number of rotatable bonds is 4. The minimum atomic E-state index is -3.59. The first-order valence-corrected chi connectivity index (χ1v) is 8.51. The van der Waals surface area contributed by atoms with E-state index in [0.717, 1.165) is 6.42 Å². The van der Waals surface area contributed by atoms with Crippen molar-refractivity contribution in [2.75, 3.05) is 26.3 Å². The van der Waals surface area contributed by atoms with E-state index in [1.807, 2.05) is 6.92 Å². The molecule has 6 nitrogen and oxygen atoms in total. The van der Waals surface area contributed by atoms with Gasteiger partial charge in [0.15, 0.2) is 11.5 Å². The van der Waals surface area contributed by atoms with E-state index < -0.39 is 15.6 Å². The maximum absolute atomic E-state index is 12.5. The lowest BCUT2D eigenvalue weighted by molar-refractivity contribution is -0.0653. The molecule has 1 aromatic rings. The fourth-order valence-corrected chi connectivity index (χ4v) is 4.35. The molecule has 0 spiro atoms. The minimum Gasteiger partial charge on any atom is -0.486 e. The fourth-order valence-electron chi connectivity index (χ4n) is 2.74. The van der Waals surface area contributed by atoms with Crippen LogP contribution >= 0.6 is 0 Å². The highest BCUT2D eigenvalue weighted by atomic mass is 32.2. The number of sulfonamides is 1. The third kappa shape index (κ3) is 2.61. The predicted molar refractivity (Wildman–Crippen MR) is 76.0 cm³/mol. The van der Waals surface area contributed by atoms with Gasteiger partial charge < -0.3 is 14.6 Å². The van der Waals surface area contributed by atoms with Crippen molar-refractivity contribution in [1.29, 1.82) is 0 Å². The Kier molecular flexibility index (Phi) is 3.59. The molecule has 0 atom stereocenters. The number of fused-ring (bicyclic) bond motifs is 1. The second-order valence-electron chi connectivity index (χ2n) is 5.55. The van der Waals surface area contributed by atoms with Crippen LogP contribution in [0.4, 0.5) is 0 Å². The highest BCUT2D eigenvalue weighted by Gasteiger charge is 2.46. The van der Waals surface area contributed by atoms with Crippen LogP contribution in [0.25, 0.3) is 0 Å². The van der Waals surface area contributed by atoms with Crippen molar-refractivity contribution in [2.45, 2.75) is 30.3 Å². The first-order valence-electron chi connectivity index (χ1n) is 7.07. The SMILES string of the molecule is CCCC1(O)CN(S(=O)(=O)c2ccc3c(c2)OCCO3)C1. The van der Waals surface area contributed by atoms with E-state index in [2.05, 4.69) is 0 Å². The lowest BCUT2D eigenvalue weighted by Gasteiger charge is -2.45. The molecule has 1 N–H and O–H groups in total. The number of β-amino-alcohol motifs (C(OH)–C–C–N with tert-alkyl or cyclic N) is 1.